The molecule has 0 saturated heterocycles. The number of carbonyl (C=O) groups excluding carboxylic acids is 1. The van der Waals surface area contributed by atoms with E-state index < -0.39 is 5.91 Å². The van der Waals surface area contributed by atoms with Crippen LogP contribution in [0.25, 0.3) is 6.08 Å². The Morgan fingerprint density at radius 2 is 1.86 bits per heavy atom. The van der Waals surface area contributed by atoms with Crippen LogP contribution in [0.2, 0.25) is 10.0 Å². The van der Waals surface area contributed by atoms with Crippen molar-refractivity contribution >= 4 is 56.8 Å². The number of hydrogen-bond donors (Lipinski definition) is 1. The van der Waals surface area contributed by atoms with Crippen molar-refractivity contribution in [1.29, 1.82) is 5.26 Å². The molecule has 0 radical (unpaired) electrons. The molecule has 6 heteroatoms. The summed E-state index contributed by atoms with van der Waals surface area (Å²) in [6.45, 7) is 0. The summed E-state index contributed by atoms with van der Waals surface area (Å²) < 4.78 is 0.917. The first-order valence-electron chi connectivity index (χ1n) is 6.13. The van der Waals surface area contributed by atoms with Gasteiger partial charge in [0.25, 0.3) is 5.91 Å². The minimum atomic E-state index is -0.533. The fourth-order valence-electron chi connectivity index (χ4n) is 1.65. The third-order valence-corrected chi connectivity index (χ3v) is 3.80. The molecular weight excluding hydrogens is 387 g/mol. The van der Waals surface area contributed by atoms with Crippen LogP contribution in [0.1, 0.15) is 5.56 Å². The molecule has 0 fully saturated rings. The quantitative estimate of drug-likeness (QED) is 0.566. The smallest absolute Gasteiger partial charge is 0.266 e. The van der Waals surface area contributed by atoms with Gasteiger partial charge in [0.15, 0.2) is 0 Å². The van der Waals surface area contributed by atoms with Gasteiger partial charge in [0, 0.05) is 9.50 Å². The largest absolute Gasteiger partial charge is 0.320 e. The number of benzene rings is 2. The number of rotatable bonds is 3. The van der Waals surface area contributed by atoms with Gasteiger partial charge in [-0.2, -0.15) is 5.26 Å². The highest BCUT2D eigenvalue weighted by Gasteiger charge is 2.11. The van der Waals surface area contributed by atoms with Crippen LogP contribution in [0, 0.1) is 11.3 Å². The van der Waals surface area contributed by atoms with Gasteiger partial charge in [-0.05, 0) is 42.0 Å². The topological polar surface area (TPSA) is 52.9 Å². The molecule has 0 atom stereocenters. The van der Waals surface area contributed by atoms with Gasteiger partial charge in [0.2, 0.25) is 0 Å². The molecular formula is C16H9BrCl2N2O. The Balaban J connectivity index is 2.22. The molecule has 0 unspecified atom stereocenters. The summed E-state index contributed by atoms with van der Waals surface area (Å²) in [6, 6.07) is 13.8. The van der Waals surface area contributed by atoms with Crippen molar-refractivity contribution in [2.24, 2.45) is 0 Å². The van der Waals surface area contributed by atoms with E-state index in [9.17, 15) is 4.79 Å². The lowest BCUT2D eigenvalue weighted by molar-refractivity contribution is -0.112. The molecule has 0 saturated carbocycles. The molecule has 22 heavy (non-hydrogen) atoms. The number of halogens is 3. The van der Waals surface area contributed by atoms with E-state index in [-0.39, 0.29) is 5.57 Å². The molecule has 0 bridgehead atoms. The molecule has 0 aliphatic carbocycles. The van der Waals surface area contributed by atoms with Crippen molar-refractivity contribution in [3.05, 3.63) is 68.1 Å². The van der Waals surface area contributed by atoms with Crippen LogP contribution in [0.5, 0.6) is 0 Å². The third kappa shape index (κ3) is 4.35. The summed E-state index contributed by atoms with van der Waals surface area (Å²) in [5.74, 6) is -0.533. The van der Waals surface area contributed by atoms with Gasteiger partial charge >= 0.3 is 0 Å². The Morgan fingerprint density at radius 1 is 1.18 bits per heavy atom. The molecule has 2 aromatic carbocycles. The van der Waals surface area contributed by atoms with E-state index in [1.165, 1.54) is 12.1 Å². The normalized spacial score (nSPS) is 10.9. The van der Waals surface area contributed by atoms with E-state index in [2.05, 4.69) is 21.2 Å². The minimum absolute atomic E-state index is 0.0201. The first-order valence-corrected chi connectivity index (χ1v) is 7.68. The average molecular weight is 396 g/mol. The van der Waals surface area contributed by atoms with Gasteiger partial charge in [-0.3, -0.25) is 4.79 Å². The number of nitrogens with zero attached hydrogens (tertiary/aromatic N) is 1. The van der Waals surface area contributed by atoms with E-state index in [0.717, 1.165) is 10.0 Å². The van der Waals surface area contributed by atoms with Gasteiger partial charge in [-0.15, -0.1) is 0 Å². The second-order valence-electron chi connectivity index (χ2n) is 4.30. The highest BCUT2D eigenvalue weighted by atomic mass is 79.9. The lowest BCUT2D eigenvalue weighted by atomic mass is 10.1. The van der Waals surface area contributed by atoms with E-state index in [0.29, 0.717) is 15.7 Å². The molecule has 0 heterocycles. The summed E-state index contributed by atoms with van der Waals surface area (Å²) in [4.78, 5) is 12.1. The number of anilines is 1. The Bertz CT molecular complexity index is 780. The summed E-state index contributed by atoms with van der Waals surface area (Å²) in [6.07, 6.45) is 1.51. The molecule has 0 spiro atoms. The molecule has 0 aliphatic rings. The van der Waals surface area contributed by atoms with Gasteiger partial charge in [0.1, 0.15) is 11.6 Å². The zero-order valence-electron chi connectivity index (χ0n) is 11.1. The van der Waals surface area contributed by atoms with Crippen molar-refractivity contribution in [2.45, 2.75) is 0 Å². The predicted octanol–water partition coefficient (Wildman–Crippen LogP) is 5.30. The van der Waals surface area contributed by atoms with Crippen LogP contribution in [-0.4, -0.2) is 5.91 Å². The average Bonchev–Trinajstić information content (AvgIpc) is 2.49. The van der Waals surface area contributed by atoms with Gasteiger partial charge in [0.05, 0.1) is 10.7 Å². The molecule has 0 aromatic heterocycles. The maximum absolute atomic E-state index is 12.1. The lowest BCUT2D eigenvalue weighted by Crippen LogP contribution is -2.13. The first-order chi connectivity index (χ1) is 10.5. The number of nitriles is 1. The minimum Gasteiger partial charge on any atom is -0.320 e. The summed E-state index contributed by atoms with van der Waals surface area (Å²) in [5.41, 5.74) is 1.12. The molecule has 0 aliphatic heterocycles. The zero-order valence-corrected chi connectivity index (χ0v) is 14.2. The molecule has 1 amide bonds. The van der Waals surface area contributed by atoms with Crippen molar-refractivity contribution in [2.75, 3.05) is 5.32 Å². The number of hydrogen-bond acceptors (Lipinski definition) is 2. The summed E-state index contributed by atoms with van der Waals surface area (Å²) in [7, 11) is 0. The molecule has 2 aromatic rings. The van der Waals surface area contributed by atoms with Gasteiger partial charge in [-0.25, -0.2) is 0 Å². The Labute approximate surface area is 146 Å². The molecule has 1 N–H and O–H groups in total. The second-order valence-corrected chi connectivity index (χ2v) is 6.06. The predicted molar refractivity (Wildman–Crippen MR) is 92.8 cm³/mol. The molecule has 2 rings (SSSR count). The number of amides is 1. The van der Waals surface area contributed by atoms with Crippen LogP contribution < -0.4 is 5.32 Å². The number of nitrogens with one attached hydrogen (secondary N) is 1. The van der Waals surface area contributed by atoms with Crippen molar-refractivity contribution in [3.63, 3.8) is 0 Å². The van der Waals surface area contributed by atoms with E-state index in [4.69, 9.17) is 28.5 Å². The Kier molecular flexibility index (Phi) is 5.62. The fraction of sp³-hybridized carbons (Fsp3) is 0. The molecule has 110 valence electrons. The van der Waals surface area contributed by atoms with E-state index in [1.807, 2.05) is 18.2 Å². The van der Waals surface area contributed by atoms with E-state index >= 15 is 0 Å². The Morgan fingerprint density at radius 3 is 2.45 bits per heavy atom. The van der Waals surface area contributed by atoms with Crippen LogP contribution >= 0.6 is 39.1 Å². The lowest BCUT2D eigenvalue weighted by Gasteiger charge is -2.06. The van der Waals surface area contributed by atoms with Crippen molar-refractivity contribution in [3.8, 4) is 6.07 Å². The van der Waals surface area contributed by atoms with Crippen LogP contribution in [0.15, 0.2) is 52.5 Å². The fourth-order valence-corrected chi connectivity index (χ4v) is 2.37. The highest BCUT2D eigenvalue weighted by molar-refractivity contribution is 9.10. The molecule has 3 nitrogen and oxygen atoms in total. The van der Waals surface area contributed by atoms with Crippen molar-refractivity contribution in [1.82, 2.24) is 0 Å². The second kappa shape index (κ2) is 7.46. The Hall–Kier alpha value is -1.80. The van der Waals surface area contributed by atoms with E-state index in [1.54, 1.807) is 24.3 Å². The van der Waals surface area contributed by atoms with Gasteiger partial charge in [-0.1, -0.05) is 51.3 Å². The van der Waals surface area contributed by atoms with Crippen LogP contribution in [-0.2, 0) is 4.79 Å². The third-order valence-electron chi connectivity index (χ3n) is 2.73. The summed E-state index contributed by atoms with van der Waals surface area (Å²) in [5, 5.41) is 12.5. The van der Waals surface area contributed by atoms with Crippen molar-refractivity contribution < 1.29 is 4.79 Å². The SMILES string of the molecule is N#C/C(=C\c1ccc(Br)cc1)C(=O)Nc1ccc(Cl)cc1Cl. The first kappa shape index (κ1) is 16.6. The maximum atomic E-state index is 12.1. The maximum Gasteiger partial charge on any atom is 0.266 e. The van der Waals surface area contributed by atoms with Gasteiger partial charge < -0.3 is 5.32 Å². The summed E-state index contributed by atoms with van der Waals surface area (Å²) >= 11 is 15.1. The van der Waals surface area contributed by atoms with Crippen LogP contribution in [0.4, 0.5) is 5.69 Å². The highest BCUT2D eigenvalue weighted by Crippen LogP contribution is 2.25. The number of carbonyl (C=O) groups is 1. The monoisotopic (exact) mass is 394 g/mol. The van der Waals surface area contributed by atoms with Crippen LogP contribution in [0.3, 0.4) is 0 Å². The zero-order chi connectivity index (χ0) is 16.1. The standard InChI is InChI=1S/C16H9BrCl2N2O/c17-12-3-1-10(2-4-12)7-11(9-20)16(22)21-15-6-5-13(18)8-14(15)19/h1-8H,(H,21,22)/b11-7+.